The molecule has 0 spiro atoms. The molecular weight excluding hydrogens is 406 g/mol. The number of hydrogen-bond donors (Lipinski definition) is 1. The lowest BCUT2D eigenvalue weighted by Crippen LogP contribution is -2.17. The van der Waals surface area contributed by atoms with Crippen molar-refractivity contribution in [2.75, 3.05) is 12.4 Å². The van der Waals surface area contributed by atoms with Crippen LogP contribution in [0.25, 0.3) is 5.69 Å². The second-order valence-corrected chi connectivity index (χ2v) is 8.52. The van der Waals surface area contributed by atoms with E-state index in [2.05, 4.69) is 27.3 Å². The molecule has 2 heterocycles. The zero-order valence-corrected chi connectivity index (χ0v) is 18.5. The number of thiazole rings is 1. The van der Waals surface area contributed by atoms with Crippen molar-refractivity contribution in [1.29, 1.82) is 0 Å². The summed E-state index contributed by atoms with van der Waals surface area (Å²) in [4.78, 5) is 19.2. The molecule has 0 bridgehead atoms. The minimum atomic E-state index is -0.0446. The molecule has 2 aromatic carbocycles. The number of rotatable bonds is 8. The Morgan fingerprint density at radius 2 is 1.87 bits per heavy atom. The van der Waals surface area contributed by atoms with E-state index < -0.39 is 0 Å². The molecule has 0 aliphatic heterocycles. The van der Waals surface area contributed by atoms with Gasteiger partial charge in [0, 0.05) is 35.9 Å². The summed E-state index contributed by atoms with van der Waals surface area (Å²) in [7, 11) is 2.06. The van der Waals surface area contributed by atoms with Gasteiger partial charge in [0.15, 0.2) is 0 Å². The zero-order valence-electron chi connectivity index (χ0n) is 17.7. The Hall–Kier alpha value is -3.29. The molecule has 0 fully saturated rings. The van der Waals surface area contributed by atoms with Crippen LogP contribution >= 0.6 is 11.3 Å². The first-order chi connectivity index (χ1) is 15.1. The maximum atomic E-state index is 12.4. The van der Waals surface area contributed by atoms with Crippen LogP contribution in [0.4, 0.5) is 5.69 Å². The van der Waals surface area contributed by atoms with E-state index in [4.69, 9.17) is 0 Å². The number of carbonyl (C=O) groups is 1. The molecule has 0 saturated heterocycles. The van der Waals surface area contributed by atoms with Crippen molar-refractivity contribution in [3.05, 3.63) is 94.2 Å². The van der Waals surface area contributed by atoms with Crippen LogP contribution in [0.5, 0.6) is 0 Å². The molecule has 1 amide bonds. The van der Waals surface area contributed by atoms with Gasteiger partial charge < -0.3 is 5.32 Å². The molecule has 158 valence electrons. The first-order valence-electron chi connectivity index (χ1n) is 10.1. The van der Waals surface area contributed by atoms with Gasteiger partial charge in [-0.25, -0.2) is 9.67 Å². The highest BCUT2D eigenvalue weighted by Gasteiger charge is 2.11. The summed E-state index contributed by atoms with van der Waals surface area (Å²) >= 11 is 1.53. The quantitative estimate of drug-likeness (QED) is 0.448. The Kier molecular flexibility index (Phi) is 6.54. The first-order valence-corrected chi connectivity index (χ1v) is 11.0. The summed E-state index contributed by atoms with van der Waals surface area (Å²) in [6, 6.07) is 17.8. The summed E-state index contributed by atoms with van der Waals surface area (Å²) in [5, 5.41) is 10.3. The van der Waals surface area contributed by atoms with E-state index in [0.29, 0.717) is 6.54 Å². The fourth-order valence-corrected chi connectivity index (χ4v) is 4.14. The normalized spacial score (nSPS) is 11.1. The van der Waals surface area contributed by atoms with Gasteiger partial charge in [0.25, 0.3) is 0 Å². The van der Waals surface area contributed by atoms with Crippen LogP contribution in [0.3, 0.4) is 0 Å². The van der Waals surface area contributed by atoms with Gasteiger partial charge in [0.2, 0.25) is 5.91 Å². The number of hydrogen-bond acceptors (Lipinski definition) is 5. The number of para-hydroxylation sites is 2. The van der Waals surface area contributed by atoms with E-state index in [0.717, 1.165) is 39.7 Å². The lowest BCUT2D eigenvalue weighted by atomic mass is 10.2. The van der Waals surface area contributed by atoms with Gasteiger partial charge in [-0.15, -0.1) is 11.3 Å². The SMILES string of the molecule is Cc1ccccc1NC(=O)Cc1nc(CN(C)Cc2cnn(-c3ccccc3)c2)cs1. The standard InChI is InChI=1S/C24H25N5OS/c1-18-8-6-7-11-22(18)27-23(30)12-24-26-20(17-31-24)16-28(2)14-19-13-25-29(15-19)21-9-4-3-5-10-21/h3-11,13,15,17H,12,14,16H2,1-2H3,(H,27,30). The molecule has 2 aromatic heterocycles. The third-order valence-electron chi connectivity index (χ3n) is 4.87. The summed E-state index contributed by atoms with van der Waals surface area (Å²) < 4.78 is 1.89. The predicted octanol–water partition coefficient (Wildman–Crippen LogP) is 4.45. The van der Waals surface area contributed by atoms with Gasteiger partial charge in [-0.1, -0.05) is 36.4 Å². The smallest absolute Gasteiger partial charge is 0.231 e. The Balaban J connectivity index is 1.30. The predicted molar refractivity (Wildman–Crippen MR) is 124 cm³/mol. The number of nitrogens with one attached hydrogen (secondary N) is 1. The number of nitrogens with zero attached hydrogens (tertiary/aromatic N) is 4. The van der Waals surface area contributed by atoms with E-state index in [1.54, 1.807) is 0 Å². The number of anilines is 1. The van der Waals surface area contributed by atoms with Crippen LogP contribution < -0.4 is 5.32 Å². The lowest BCUT2D eigenvalue weighted by molar-refractivity contribution is -0.115. The lowest BCUT2D eigenvalue weighted by Gasteiger charge is -2.13. The Morgan fingerprint density at radius 3 is 2.68 bits per heavy atom. The first kappa shape index (κ1) is 21.0. The van der Waals surface area contributed by atoms with Gasteiger partial charge in [-0.05, 0) is 37.7 Å². The maximum absolute atomic E-state index is 12.4. The average molecular weight is 432 g/mol. The molecule has 6 nitrogen and oxygen atoms in total. The van der Waals surface area contributed by atoms with Gasteiger partial charge in [0.1, 0.15) is 5.01 Å². The fraction of sp³-hybridized carbons (Fsp3) is 0.208. The Labute approximate surface area is 186 Å². The molecule has 31 heavy (non-hydrogen) atoms. The molecule has 0 aliphatic rings. The molecule has 4 rings (SSSR count). The molecule has 7 heteroatoms. The van der Waals surface area contributed by atoms with Gasteiger partial charge in [-0.3, -0.25) is 9.69 Å². The van der Waals surface area contributed by atoms with Crippen LogP contribution in [0.1, 0.15) is 21.8 Å². The largest absolute Gasteiger partial charge is 0.325 e. The second-order valence-electron chi connectivity index (χ2n) is 7.57. The molecule has 0 atom stereocenters. The van der Waals surface area contributed by atoms with Crippen molar-refractivity contribution in [1.82, 2.24) is 19.7 Å². The number of benzene rings is 2. The van der Waals surface area contributed by atoms with Crippen LogP contribution in [0, 0.1) is 6.92 Å². The van der Waals surface area contributed by atoms with Crippen molar-refractivity contribution in [3.8, 4) is 5.69 Å². The van der Waals surface area contributed by atoms with Crippen molar-refractivity contribution in [3.63, 3.8) is 0 Å². The highest BCUT2D eigenvalue weighted by Crippen LogP contribution is 2.17. The second kappa shape index (κ2) is 9.68. The molecule has 0 saturated carbocycles. The van der Waals surface area contributed by atoms with E-state index in [-0.39, 0.29) is 12.3 Å². The third-order valence-corrected chi connectivity index (χ3v) is 5.77. The topological polar surface area (TPSA) is 63.1 Å². The minimum absolute atomic E-state index is 0.0446. The van der Waals surface area contributed by atoms with Crippen LogP contribution in [-0.2, 0) is 24.3 Å². The molecule has 0 aliphatic carbocycles. The molecule has 0 unspecified atom stereocenters. The van der Waals surface area contributed by atoms with Crippen LogP contribution in [0.2, 0.25) is 0 Å². The van der Waals surface area contributed by atoms with E-state index in [1.165, 1.54) is 11.3 Å². The number of carbonyl (C=O) groups excluding carboxylic acids is 1. The minimum Gasteiger partial charge on any atom is -0.325 e. The Bertz CT molecular complexity index is 1150. The van der Waals surface area contributed by atoms with Crippen molar-refractivity contribution >= 4 is 22.9 Å². The van der Waals surface area contributed by atoms with E-state index >= 15 is 0 Å². The van der Waals surface area contributed by atoms with Crippen LogP contribution in [0.15, 0.2) is 72.4 Å². The molecule has 4 aromatic rings. The fourth-order valence-electron chi connectivity index (χ4n) is 3.36. The summed E-state index contributed by atoms with van der Waals surface area (Å²) in [6.07, 6.45) is 4.23. The van der Waals surface area contributed by atoms with E-state index in [1.807, 2.05) is 84.0 Å². The highest BCUT2D eigenvalue weighted by molar-refractivity contribution is 7.09. The van der Waals surface area contributed by atoms with Gasteiger partial charge >= 0.3 is 0 Å². The third kappa shape index (κ3) is 5.65. The van der Waals surface area contributed by atoms with Gasteiger partial charge in [-0.2, -0.15) is 5.10 Å². The monoisotopic (exact) mass is 431 g/mol. The zero-order chi connectivity index (χ0) is 21.6. The van der Waals surface area contributed by atoms with Crippen molar-refractivity contribution in [2.45, 2.75) is 26.4 Å². The maximum Gasteiger partial charge on any atom is 0.231 e. The highest BCUT2D eigenvalue weighted by atomic mass is 32.1. The van der Waals surface area contributed by atoms with E-state index in [9.17, 15) is 4.79 Å². The molecule has 0 radical (unpaired) electrons. The Morgan fingerprint density at radius 1 is 1.10 bits per heavy atom. The number of aromatic nitrogens is 3. The average Bonchev–Trinajstić information content (AvgIpc) is 3.40. The summed E-state index contributed by atoms with van der Waals surface area (Å²) in [5.74, 6) is -0.0446. The molecular formula is C24H25N5OS. The van der Waals surface area contributed by atoms with Crippen molar-refractivity contribution in [2.24, 2.45) is 0 Å². The van der Waals surface area contributed by atoms with Crippen LogP contribution in [-0.4, -0.2) is 32.6 Å². The van der Waals surface area contributed by atoms with Crippen molar-refractivity contribution < 1.29 is 4.79 Å². The summed E-state index contributed by atoms with van der Waals surface area (Å²) in [5.41, 5.74) is 5.05. The number of amides is 1. The number of aryl methyl sites for hydroxylation is 1. The summed E-state index contributed by atoms with van der Waals surface area (Å²) in [6.45, 7) is 3.47. The van der Waals surface area contributed by atoms with Gasteiger partial charge in [0.05, 0.1) is 24.0 Å². The molecule has 1 N–H and O–H groups in total.